The second-order valence-electron chi connectivity index (χ2n) is 6.88. The molecule has 1 atom stereocenters. The zero-order valence-corrected chi connectivity index (χ0v) is 15.0. The highest BCUT2D eigenvalue weighted by Crippen LogP contribution is 2.32. The van der Waals surface area contributed by atoms with Crippen LogP contribution in [-0.4, -0.2) is 22.8 Å². The smallest absolute Gasteiger partial charge is 0.247 e. The lowest BCUT2D eigenvalue weighted by Gasteiger charge is -2.39. The van der Waals surface area contributed by atoms with E-state index in [0.29, 0.717) is 13.0 Å². The predicted octanol–water partition coefficient (Wildman–Crippen LogP) is 3.15. The van der Waals surface area contributed by atoms with Crippen LogP contribution in [0.2, 0.25) is 0 Å². The van der Waals surface area contributed by atoms with Crippen molar-refractivity contribution in [2.24, 2.45) is 0 Å². The van der Waals surface area contributed by atoms with Crippen LogP contribution in [-0.2, 0) is 22.6 Å². The molecule has 4 heteroatoms. The van der Waals surface area contributed by atoms with Crippen LogP contribution < -0.4 is 5.32 Å². The van der Waals surface area contributed by atoms with Gasteiger partial charge < -0.3 is 10.2 Å². The molecule has 0 bridgehead atoms. The average Bonchev–Trinajstić information content (AvgIpc) is 2.59. The van der Waals surface area contributed by atoms with Gasteiger partial charge in [-0.1, -0.05) is 54.1 Å². The van der Waals surface area contributed by atoms with Gasteiger partial charge in [0.05, 0.1) is 6.42 Å². The van der Waals surface area contributed by atoms with Crippen molar-refractivity contribution in [2.45, 2.75) is 45.8 Å². The molecule has 130 valence electrons. The van der Waals surface area contributed by atoms with E-state index in [1.54, 1.807) is 4.90 Å². The summed E-state index contributed by atoms with van der Waals surface area (Å²) in [6.45, 7) is 6.39. The van der Waals surface area contributed by atoms with Gasteiger partial charge in [0.25, 0.3) is 0 Å². The molecule has 0 aliphatic carbocycles. The van der Waals surface area contributed by atoms with Gasteiger partial charge in [0.1, 0.15) is 6.04 Å². The molecule has 1 heterocycles. The maximum Gasteiger partial charge on any atom is 0.247 e. The van der Waals surface area contributed by atoms with Gasteiger partial charge in [-0.25, -0.2) is 0 Å². The summed E-state index contributed by atoms with van der Waals surface area (Å²) in [6, 6.07) is 15.2. The Kier molecular flexibility index (Phi) is 4.88. The molecule has 0 fully saturated rings. The number of hydrogen-bond donors (Lipinski definition) is 1. The number of fused-ring (bicyclic) bond motifs is 1. The Morgan fingerprint density at radius 3 is 2.52 bits per heavy atom. The lowest BCUT2D eigenvalue weighted by Crippen LogP contribution is -2.50. The Bertz CT molecular complexity index is 781. The first kappa shape index (κ1) is 17.2. The van der Waals surface area contributed by atoms with Crippen LogP contribution in [0.3, 0.4) is 0 Å². The fourth-order valence-corrected chi connectivity index (χ4v) is 3.36. The zero-order chi connectivity index (χ0) is 18.0. The van der Waals surface area contributed by atoms with Crippen molar-refractivity contribution >= 4 is 11.8 Å². The average molecular weight is 336 g/mol. The van der Waals surface area contributed by atoms with Crippen LogP contribution in [0, 0.1) is 6.92 Å². The van der Waals surface area contributed by atoms with Crippen molar-refractivity contribution in [3.05, 3.63) is 70.8 Å². The summed E-state index contributed by atoms with van der Waals surface area (Å²) < 4.78 is 0. The molecule has 4 nitrogen and oxygen atoms in total. The molecule has 0 radical (unpaired) electrons. The van der Waals surface area contributed by atoms with Crippen molar-refractivity contribution in [3.8, 4) is 0 Å². The van der Waals surface area contributed by atoms with Crippen LogP contribution in [0.15, 0.2) is 48.5 Å². The van der Waals surface area contributed by atoms with E-state index in [1.165, 1.54) is 5.56 Å². The molecule has 0 spiro atoms. The minimum absolute atomic E-state index is 0.00388. The largest absolute Gasteiger partial charge is 0.350 e. The number of nitrogens with zero attached hydrogens (tertiary/aromatic N) is 1. The summed E-state index contributed by atoms with van der Waals surface area (Å²) in [5.74, 6) is -0.126. The highest BCUT2D eigenvalue weighted by Gasteiger charge is 2.38. The van der Waals surface area contributed by atoms with Crippen LogP contribution in [0.25, 0.3) is 0 Å². The molecule has 1 aliphatic heterocycles. The monoisotopic (exact) mass is 336 g/mol. The molecule has 0 saturated carbocycles. The Morgan fingerprint density at radius 1 is 1.16 bits per heavy atom. The second kappa shape index (κ2) is 7.09. The number of aryl methyl sites for hydroxylation is 1. The number of carbonyl (C=O) groups excluding carboxylic acids is 2. The first-order valence-corrected chi connectivity index (χ1v) is 8.69. The summed E-state index contributed by atoms with van der Waals surface area (Å²) in [5.41, 5.74) is 4.11. The van der Waals surface area contributed by atoms with Crippen molar-refractivity contribution in [3.63, 3.8) is 0 Å². The normalized spacial score (nSPS) is 16.7. The lowest BCUT2D eigenvalue weighted by molar-refractivity contribution is -0.143. The van der Waals surface area contributed by atoms with Crippen molar-refractivity contribution in [1.29, 1.82) is 0 Å². The standard InChI is InChI=1S/C21H24N2O2/c1-14(2)23-19(24)12-17-6-4-5-7-18(17)20(23)21(25)22-13-16-10-8-15(3)9-11-16/h4-11,14,20H,12-13H2,1-3H3,(H,22,25)/t20-/m1/s1. The molecule has 2 aromatic carbocycles. The third kappa shape index (κ3) is 3.58. The molecule has 2 amide bonds. The first-order chi connectivity index (χ1) is 12.0. The molecule has 2 aromatic rings. The highest BCUT2D eigenvalue weighted by molar-refractivity contribution is 5.92. The molecule has 0 aromatic heterocycles. The number of nitrogens with one attached hydrogen (secondary N) is 1. The molecule has 1 N–H and O–H groups in total. The summed E-state index contributed by atoms with van der Waals surface area (Å²) in [4.78, 5) is 27.2. The van der Waals surface area contributed by atoms with Crippen LogP contribution in [0.5, 0.6) is 0 Å². The van der Waals surface area contributed by atoms with Crippen molar-refractivity contribution in [1.82, 2.24) is 10.2 Å². The summed E-state index contributed by atoms with van der Waals surface area (Å²) in [5, 5.41) is 3.00. The summed E-state index contributed by atoms with van der Waals surface area (Å²) in [6.07, 6.45) is 0.357. The first-order valence-electron chi connectivity index (χ1n) is 8.69. The van der Waals surface area contributed by atoms with Gasteiger partial charge in [0.2, 0.25) is 11.8 Å². The minimum atomic E-state index is -0.567. The van der Waals surface area contributed by atoms with E-state index in [-0.39, 0.29) is 17.9 Å². The van der Waals surface area contributed by atoms with Gasteiger partial charge in [-0.3, -0.25) is 9.59 Å². The third-order valence-corrected chi connectivity index (χ3v) is 4.65. The SMILES string of the molecule is Cc1ccc(CNC(=O)[C@H]2c3ccccc3CC(=O)N2C(C)C)cc1. The quantitative estimate of drug-likeness (QED) is 0.932. The summed E-state index contributed by atoms with van der Waals surface area (Å²) >= 11 is 0. The second-order valence-corrected chi connectivity index (χ2v) is 6.88. The molecule has 0 unspecified atom stereocenters. The van der Waals surface area contributed by atoms with Gasteiger partial charge in [-0.15, -0.1) is 0 Å². The third-order valence-electron chi connectivity index (χ3n) is 4.65. The van der Waals surface area contributed by atoms with E-state index in [4.69, 9.17) is 0 Å². The van der Waals surface area contributed by atoms with Gasteiger partial charge >= 0.3 is 0 Å². The number of carbonyl (C=O) groups is 2. The van der Waals surface area contributed by atoms with E-state index in [2.05, 4.69) is 5.32 Å². The maximum atomic E-state index is 13.0. The topological polar surface area (TPSA) is 49.4 Å². The fourth-order valence-electron chi connectivity index (χ4n) is 3.36. The Morgan fingerprint density at radius 2 is 1.84 bits per heavy atom. The lowest BCUT2D eigenvalue weighted by atomic mass is 9.90. The molecule has 1 aliphatic rings. The van der Waals surface area contributed by atoms with Crippen LogP contribution in [0.4, 0.5) is 0 Å². The van der Waals surface area contributed by atoms with E-state index < -0.39 is 6.04 Å². The minimum Gasteiger partial charge on any atom is -0.350 e. The molecule has 25 heavy (non-hydrogen) atoms. The number of hydrogen-bond acceptors (Lipinski definition) is 2. The Balaban J connectivity index is 1.84. The Labute approximate surface area is 148 Å². The van der Waals surface area contributed by atoms with Crippen LogP contribution in [0.1, 0.15) is 42.1 Å². The number of amides is 2. The number of rotatable bonds is 4. The van der Waals surface area contributed by atoms with E-state index in [9.17, 15) is 9.59 Å². The molecular formula is C21H24N2O2. The van der Waals surface area contributed by atoms with Crippen LogP contribution >= 0.6 is 0 Å². The van der Waals surface area contributed by atoms with E-state index in [1.807, 2.05) is 69.3 Å². The molecule has 0 saturated heterocycles. The van der Waals surface area contributed by atoms with E-state index in [0.717, 1.165) is 16.7 Å². The Hall–Kier alpha value is -2.62. The van der Waals surface area contributed by atoms with Gasteiger partial charge in [-0.2, -0.15) is 0 Å². The molecular weight excluding hydrogens is 312 g/mol. The van der Waals surface area contributed by atoms with Gasteiger partial charge in [0, 0.05) is 12.6 Å². The highest BCUT2D eigenvalue weighted by atomic mass is 16.2. The predicted molar refractivity (Wildman–Crippen MR) is 97.9 cm³/mol. The van der Waals surface area contributed by atoms with E-state index >= 15 is 0 Å². The van der Waals surface area contributed by atoms with Gasteiger partial charge in [-0.05, 0) is 37.5 Å². The number of benzene rings is 2. The fraction of sp³-hybridized carbons (Fsp3) is 0.333. The maximum absolute atomic E-state index is 13.0. The summed E-state index contributed by atoms with van der Waals surface area (Å²) in [7, 11) is 0. The van der Waals surface area contributed by atoms with Crippen molar-refractivity contribution < 1.29 is 9.59 Å². The molecule has 3 rings (SSSR count). The zero-order valence-electron chi connectivity index (χ0n) is 15.0. The van der Waals surface area contributed by atoms with Gasteiger partial charge in [0.15, 0.2) is 0 Å². The van der Waals surface area contributed by atoms with Crippen molar-refractivity contribution in [2.75, 3.05) is 0 Å².